The van der Waals surface area contributed by atoms with E-state index in [1.807, 2.05) is 41.4 Å². The summed E-state index contributed by atoms with van der Waals surface area (Å²) in [6.07, 6.45) is 3.84. The maximum atomic E-state index is 9.87. The molecule has 6 nitrogen and oxygen atoms in total. The Morgan fingerprint density at radius 3 is 2.82 bits per heavy atom. The van der Waals surface area contributed by atoms with Crippen LogP contribution in [0.25, 0.3) is 0 Å². The summed E-state index contributed by atoms with van der Waals surface area (Å²) in [6.45, 7) is 0. The number of pyridine rings is 1. The van der Waals surface area contributed by atoms with E-state index < -0.39 is 6.23 Å². The molecule has 0 aliphatic carbocycles. The number of rotatable bonds is 3. The predicted molar refractivity (Wildman–Crippen MR) is 104 cm³/mol. The van der Waals surface area contributed by atoms with Gasteiger partial charge in [0, 0.05) is 35.5 Å². The molecule has 0 bridgehead atoms. The Bertz CT molecular complexity index is 1050. The van der Waals surface area contributed by atoms with Gasteiger partial charge in [0.2, 0.25) is 6.23 Å². The highest BCUT2D eigenvalue weighted by Crippen LogP contribution is 2.50. The van der Waals surface area contributed by atoms with Crippen molar-refractivity contribution in [3.63, 3.8) is 0 Å². The summed E-state index contributed by atoms with van der Waals surface area (Å²) in [6, 6.07) is 17.0. The van der Waals surface area contributed by atoms with Gasteiger partial charge in [-0.2, -0.15) is 5.10 Å². The molecule has 3 heterocycles. The van der Waals surface area contributed by atoms with Gasteiger partial charge < -0.3 is 14.6 Å². The first kappa shape index (κ1) is 16.6. The molecule has 6 heteroatoms. The van der Waals surface area contributed by atoms with E-state index >= 15 is 0 Å². The monoisotopic (exact) mass is 373 g/mol. The lowest BCUT2D eigenvalue weighted by molar-refractivity contribution is -0.0211. The molecule has 2 unspecified atom stereocenters. The van der Waals surface area contributed by atoms with Crippen molar-refractivity contribution in [1.82, 2.24) is 9.99 Å². The minimum atomic E-state index is -0.405. The van der Waals surface area contributed by atoms with Gasteiger partial charge in [0.15, 0.2) is 11.5 Å². The average Bonchev–Trinajstić information content (AvgIpc) is 3.19. The quantitative estimate of drug-likeness (QED) is 0.751. The molecule has 1 aromatic heterocycles. The standard InChI is InChI=1S/C22H19N3O3/c1-27-20-9-3-8-17-19-12-18(14-5-2-7-16(26)11-14)24-25(19)22(28-21(17)20)15-6-4-10-23-13-15/h2-11,13,19,22,26H,12H2,1H3. The van der Waals surface area contributed by atoms with Crippen molar-refractivity contribution in [3.8, 4) is 17.2 Å². The van der Waals surface area contributed by atoms with Crippen LogP contribution in [0, 0.1) is 0 Å². The molecule has 2 atom stereocenters. The molecule has 0 saturated heterocycles. The van der Waals surface area contributed by atoms with E-state index in [0.29, 0.717) is 12.2 Å². The van der Waals surface area contributed by atoms with Crippen molar-refractivity contribution >= 4 is 5.71 Å². The Hall–Kier alpha value is -3.54. The van der Waals surface area contributed by atoms with Crippen LogP contribution in [0.4, 0.5) is 0 Å². The fourth-order valence-corrected chi connectivity index (χ4v) is 3.85. The van der Waals surface area contributed by atoms with Crippen LogP contribution >= 0.6 is 0 Å². The van der Waals surface area contributed by atoms with Crippen LogP contribution < -0.4 is 9.47 Å². The van der Waals surface area contributed by atoms with Gasteiger partial charge in [-0.3, -0.25) is 4.98 Å². The Kier molecular flexibility index (Phi) is 3.90. The van der Waals surface area contributed by atoms with Crippen LogP contribution in [0.15, 0.2) is 72.1 Å². The molecule has 0 saturated carbocycles. The van der Waals surface area contributed by atoms with Gasteiger partial charge in [-0.25, -0.2) is 5.01 Å². The number of ether oxygens (including phenoxy) is 2. The third kappa shape index (κ3) is 2.65. The van der Waals surface area contributed by atoms with E-state index in [1.54, 1.807) is 31.6 Å². The summed E-state index contributed by atoms with van der Waals surface area (Å²) in [4.78, 5) is 4.24. The second kappa shape index (κ2) is 6.56. The lowest BCUT2D eigenvalue weighted by Gasteiger charge is -2.38. The minimum Gasteiger partial charge on any atom is -0.508 e. The Morgan fingerprint density at radius 2 is 2.04 bits per heavy atom. The highest BCUT2D eigenvalue weighted by atomic mass is 16.5. The van der Waals surface area contributed by atoms with Crippen molar-refractivity contribution < 1.29 is 14.6 Å². The van der Waals surface area contributed by atoms with E-state index in [-0.39, 0.29) is 11.8 Å². The molecular formula is C22H19N3O3. The average molecular weight is 373 g/mol. The van der Waals surface area contributed by atoms with Crippen molar-refractivity contribution in [3.05, 3.63) is 83.7 Å². The van der Waals surface area contributed by atoms with Gasteiger partial charge in [-0.15, -0.1) is 0 Å². The lowest BCUT2D eigenvalue weighted by atomic mass is 9.95. The summed E-state index contributed by atoms with van der Waals surface area (Å²) in [5, 5.41) is 16.7. The number of hydrazone groups is 1. The number of nitrogens with zero attached hydrogens (tertiary/aromatic N) is 3. The molecule has 2 aliphatic heterocycles. The van der Waals surface area contributed by atoms with Gasteiger partial charge >= 0.3 is 0 Å². The minimum absolute atomic E-state index is 0.0152. The first-order valence-corrected chi connectivity index (χ1v) is 9.13. The van der Waals surface area contributed by atoms with E-state index in [2.05, 4.69) is 11.1 Å². The molecule has 3 aromatic rings. The van der Waals surface area contributed by atoms with Gasteiger partial charge in [0.1, 0.15) is 5.75 Å². The maximum Gasteiger partial charge on any atom is 0.215 e. The highest BCUT2D eigenvalue weighted by Gasteiger charge is 2.42. The molecule has 1 N–H and O–H groups in total. The van der Waals surface area contributed by atoms with Crippen molar-refractivity contribution in [2.24, 2.45) is 5.10 Å². The van der Waals surface area contributed by atoms with Crippen LogP contribution in [0.1, 0.15) is 35.4 Å². The van der Waals surface area contributed by atoms with Gasteiger partial charge in [0.25, 0.3) is 0 Å². The molecule has 0 amide bonds. The van der Waals surface area contributed by atoms with Crippen LogP contribution in [0.3, 0.4) is 0 Å². The summed E-state index contributed by atoms with van der Waals surface area (Å²) in [7, 11) is 1.65. The fourth-order valence-electron chi connectivity index (χ4n) is 3.85. The third-order valence-corrected chi connectivity index (χ3v) is 5.15. The van der Waals surface area contributed by atoms with Crippen LogP contribution in [0.5, 0.6) is 17.2 Å². The number of hydrogen-bond donors (Lipinski definition) is 1. The van der Waals surface area contributed by atoms with Crippen LogP contribution in [-0.4, -0.2) is 27.9 Å². The highest BCUT2D eigenvalue weighted by molar-refractivity contribution is 6.02. The van der Waals surface area contributed by atoms with Crippen molar-refractivity contribution in [1.29, 1.82) is 0 Å². The maximum absolute atomic E-state index is 9.87. The summed E-state index contributed by atoms with van der Waals surface area (Å²) >= 11 is 0. The zero-order valence-electron chi connectivity index (χ0n) is 15.3. The second-order valence-corrected chi connectivity index (χ2v) is 6.83. The smallest absolute Gasteiger partial charge is 0.215 e. The number of hydrogen-bond acceptors (Lipinski definition) is 6. The second-order valence-electron chi connectivity index (χ2n) is 6.83. The van der Waals surface area contributed by atoms with E-state index in [0.717, 1.165) is 28.2 Å². The number of phenolic OH excluding ortho intramolecular Hbond substituents is 1. The largest absolute Gasteiger partial charge is 0.508 e. The van der Waals surface area contributed by atoms with Gasteiger partial charge in [-0.1, -0.05) is 30.3 Å². The van der Waals surface area contributed by atoms with Crippen LogP contribution in [-0.2, 0) is 0 Å². The predicted octanol–water partition coefficient (Wildman–Crippen LogP) is 4.04. The SMILES string of the molecule is COc1cccc2c1OC(c1cccnc1)N1N=C(c3cccc(O)c3)CC21. The zero-order chi connectivity index (χ0) is 19.1. The molecule has 2 aliphatic rings. The van der Waals surface area contributed by atoms with E-state index in [1.165, 1.54) is 0 Å². The molecule has 0 fully saturated rings. The number of benzene rings is 2. The molecule has 28 heavy (non-hydrogen) atoms. The van der Waals surface area contributed by atoms with Gasteiger partial charge in [-0.05, 0) is 24.3 Å². The van der Waals surface area contributed by atoms with Crippen molar-refractivity contribution in [2.45, 2.75) is 18.7 Å². The van der Waals surface area contributed by atoms with Crippen molar-refractivity contribution in [2.75, 3.05) is 7.11 Å². The van der Waals surface area contributed by atoms with E-state index in [4.69, 9.17) is 14.6 Å². The molecule has 0 radical (unpaired) electrons. The first-order chi connectivity index (χ1) is 13.7. The Balaban J connectivity index is 1.63. The molecule has 140 valence electrons. The number of methoxy groups -OCH3 is 1. The summed E-state index contributed by atoms with van der Waals surface area (Å²) < 4.78 is 11.9. The number of aromatic hydroxyl groups is 1. The zero-order valence-corrected chi connectivity index (χ0v) is 15.3. The number of para-hydroxylation sites is 1. The summed E-state index contributed by atoms with van der Waals surface area (Å²) in [5.74, 6) is 1.68. The lowest BCUT2D eigenvalue weighted by Crippen LogP contribution is -2.33. The topological polar surface area (TPSA) is 67.2 Å². The molecule has 0 spiro atoms. The Morgan fingerprint density at radius 1 is 1.14 bits per heavy atom. The first-order valence-electron chi connectivity index (χ1n) is 9.13. The number of fused-ring (bicyclic) bond motifs is 3. The third-order valence-electron chi connectivity index (χ3n) is 5.15. The van der Waals surface area contributed by atoms with Crippen LogP contribution in [0.2, 0.25) is 0 Å². The molecule has 2 aromatic carbocycles. The fraction of sp³-hybridized carbons (Fsp3) is 0.182. The Labute approximate surface area is 162 Å². The summed E-state index contributed by atoms with van der Waals surface area (Å²) in [5.41, 5.74) is 3.78. The normalized spacial score (nSPS) is 20.0. The van der Waals surface area contributed by atoms with E-state index in [9.17, 15) is 5.11 Å². The molecular weight excluding hydrogens is 354 g/mol. The molecule has 5 rings (SSSR count). The van der Waals surface area contributed by atoms with Gasteiger partial charge in [0.05, 0.1) is 18.9 Å². The number of aromatic nitrogens is 1. The number of phenols is 1.